The third kappa shape index (κ3) is 1.48. The molecule has 1 N–H and O–H groups in total. The van der Waals surface area contributed by atoms with Gasteiger partial charge in [0, 0.05) is 0 Å². The van der Waals surface area contributed by atoms with Crippen molar-refractivity contribution in [1.29, 1.82) is 0 Å². The SMILES string of the molecule is CC1=C2CC[C@H]3[C@@H]4CC[C@H](O)[C@@]4(C)CC[C@@H]3[C@@]2(C)CC1. The van der Waals surface area contributed by atoms with E-state index in [2.05, 4.69) is 20.8 Å². The van der Waals surface area contributed by atoms with Gasteiger partial charge in [0.05, 0.1) is 6.10 Å². The average molecular weight is 274 g/mol. The highest BCUT2D eigenvalue weighted by Crippen LogP contribution is 2.66. The van der Waals surface area contributed by atoms with E-state index in [9.17, 15) is 5.11 Å². The first-order chi connectivity index (χ1) is 9.47. The van der Waals surface area contributed by atoms with E-state index in [1.165, 1.54) is 44.9 Å². The lowest BCUT2D eigenvalue weighted by Crippen LogP contribution is -2.49. The largest absolute Gasteiger partial charge is 0.393 e. The number of hydrogen-bond acceptors (Lipinski definition) is 1. The molecule has 0 aromatic carbocycles. The summed E-state index contributed by atoms with van der Waals surface area (Å²) in [6.45, 7) is 7.34. The van der Waals surface area contributed by atoms with Gasteiger partial charge in [-0.15, -0.1) is 0 Å². The van der Waals surface area contributed by atoms with Crippen molar-refractivity contribution < 1.29 is 5.11 Å². The minimum Gasteiger partial charge on any atom is -0.393 e. The molecular weight excluding hydrogens is 244 g/mol. The highest BCUT2D eigenvalue weighted by atomic mass is 16.3. The van der Waals surface area contributed by atoms with Crippen LogP contribution in [-0.4, -0.2) is 11.2 Å². The van der Waals surface area contributed by atoms with Crippen LogP contribution in [0.5, 0.6) is 0 Å². The lowest BCUT2D eigenvalue weighted by Gasteiger charge is -2.56. The summed E-state index contributed by atoms with van der Waals surface area (Å²) in [7, 11) is 0. The zero-order chi connectivity index (χ0) is 14.1. The summed E-state index contributed by atoms with van der Waals surface area (Å²) in [6, 6.07) is 0. The molecular formula is C19H30O. The smallest absolute Gasteiger partial charge is 0.0596 e. The Kier molecular flexibility index (Phi) is 2.76. The predicted molar refractivity (Wildman–Crippen MR) is 82.3 cm³/mol. The molecule has 0 aromatic heterocycles. The number of rotatable bonds is 0. The van der Waals surface area contributed by atoms with E-state index in [-0.39, 0.29) is 11.5 Å². The normalized spacial score (nSPS) is 54.6. The summed E-state index contributed by atoms with van der Waals surface area (Å²) >= 11 is 0. The van der Waals surface area contributed by atoms with Gasteiger partial charge >= 0.3 is 0 Å². The van der Waals surface area contributed by atoms with Crippen molar-refractivity contribution in [2.24, 2.45) is 28.6 Å². The fourth-order valence-electron chi connectivity index (χ4n) is 6.91. The predicted octanol–water partition coefficient (Wildman–Crippen LogP) is 4.70. The molecule has 4 aliphatic carbocycles. The van der Waals surface area contributed by atoms with Crippen molar-refractivity contribution in [2.75, 3.05) is 0 Å². The molecule has 0 aliphatic heterocycles. The monoisotopic (exact) mass is 274 g/mol. The molecule has 20 heavy (non-hydrogen) atoms. The van der Waals surface area contributed by atoms with Crippen LogP contribution in [0.3, 0.4) is 0 Å². The average Bonchev–Trinajstić information content (AvgIpc) is 2.89. The lowest BCUT2D eigenvalue weighted by molar-refractivity contribution is -0.0697. The van der Waals surface area contributed by atoms with E-state index >= 15 is 0 Å². The molecule has 0 aromatic rings. The molecule has 1 heteroatoms. The molecule has 6 atom stereocenters. The Morgan fingerprint density at radius 1 is 0.950 bits per heavy atom. The molecule has 0 saturated heterocycles. The maximum atomic E-state index is 10.5. The van der Waals surface area contributed by atoms with E-state index < -0.39 is 0 Å². The molecule has 4 aliphatic rings. The van der Waals surface area contributed by atoms with Gasteiger partial charge in [0.25, 0.3) is 0 Å². The van der Waals surface area contributed by atoms with Crippen LogP contribution >= 0.6 is 0 Å². The van der Waals surface area contributed by atoms with Crippen LogP contribution in [0.1, 0.15) is 72.1 Å². The van der Waals surface area contributed by atoms with Crippen molar-refractivity contribution in [3.05, 3.63) is 11.1 Å². The molecule has 3 fully saturated rings. The third-order valence-corrected chi connectivity index (χ3v) is 8.16. The fourth-order valence-corrected chi connectivity index (χ4v) is 6.91. The first kappa shape index (κ1) is 13.4. The van der Waals surface area contributed by atoms with E-state index in [1.807, 2.05) is 5.57 Å². The van der Waals surface area contributed by atoms with Crippen LogP contribution < -0.4 is 0 Å². The molecule has 0 unspecified atom stereocenters. The highest BCUT2D eigenvalue weighted by molar-refractivity contribution is 5.31. The Hall–Kier alpha value is -0.300. The van der Waals surface area contributed by atoms with Crippen molar-refractivity contribution >= 4 is 0 Å². The van der Waals surface area contributed by atoms with E-state index in [4.69, 9.17) is 0 Å². The van der Waals surface area contributed by atoms with Crippen LogP contribution in [0.4, 0.5) is 0 Å². The summed E-state index contributed by atoms with van der Waals surface area (Å²) in [5.74, 6) is 2.60. The quantitative estimate of drug-likeness (QED) is 0.635. The number of hydrogen-bond donors (Lipinski definition) is 1. The molecule has 3 saturated carbocycles. The van der Waals surface area contributed by atoms with E-state index in [0.717, 1.165) is 24.2 Å². The van der Waals surface area contributed by atoms with Crippen LogP contribution in [0.15, 0.2) is 11.1 Å². The van der Waals surface area contributed by atoms with Gasteiger partial charge in [-0.3, -0.25) is 0 Å². The standard InChI is InChI=1S/C19H30O/c1-12-8-10-18(2)14(12)5-4-13-15-6-7-17(20)19(15,3)11-9-16(13)18/h13,15-17,20H,4-11H2,1-3H3/t13-,15-,16-,17-,18-,19-/m0/s1. The second kappa shape index (κ2) is 4.12. The Bertz CT molecular complexity index is 464. The Balaban J connectivity index is 1.70. The molecule has 0 radical (unpaired) electrons. The first-order valence-corrected chi connectivity index (χ1v) is 8.84. The van der Waals surface area contributed by atoms with Crippen molar-refractivity contribution in [1.82, 2.24) is 0 Å². The third-order valence-electron chi connectivity index (χ3n) is 8.16. The summed E-state index contributed by atoms with van der Waals surface area (Å²) in [4.78, 5) is 0. The molecule has 0 heterocycles. The number of fused-ring (bicyclic) bond motifs is 5. The zero-order valence-electron chi connectivity index (χ0n) is 13.4. The molecule has 0 spiro atoms. The van der Waals surface area contributed by atoms with Crippen LogP contribution in [0.25, 0.3) is 0 Å². The van der Waals surface area contributed by atoms with Crippen molar-refractivity contribution in [3.63, 3.8) is 0 Å². The van der Waals surface area contributed by atoms with E-state index in [0.29, 0.717) is 5.41 Å². The van der Waals surface area contributed by atoms with Gasteiger partial charge in [-0.1, -0.05) is 25.0 Å². The fraction of sp³-hybridized carbons (Fsp3) is 0.895. The van der Waals surface area contributed by atoms with Crippen LogP contribution in [-0.2, 0) is 0 Å². The summed E-state index contributed by atoms with van der Waals surface area (Å²) < 4.78 is 0. The maximum Gasteiger partial charge on any atom is 0.0596 e. The molecule has 4 rings (SSSR count). The summed E-state index contributed by atoms with van der Waals surface area (Å²) in [5.41, 5.74) is 4.31. The van der Waals surface area contributed by atoms with Gasteiger partial charge in [-0.2, -0.15) is 0 Å². The Labute approximate surface area is 123 Å². The number of aliphatic hydroxyl groups excluding tert-OH is 1. The summed E-state index contributed by atoms with van der Waals surface area (Å²) in [5, 5.41) is 10.5. The molecule has 112 valence electrons. The second-order valence-electron chi connectivity index (χ2n) is 8.73. The first-order valence-electron chi connectivity index (χ1n) is 8.84. The van der Waals surface area contributed by atoms with Gasteiger partial charge < -0.3 is 5.11 Å². The lowest BCUT2D eigenvalue weighted by atomic mass is 9.49. The maximum absolute atomic E-state index is 10.5. The molecule has 0 amide bonds. The van der Waals surface area contributed by atoms with Gasteiger partial charge in [0.2, 0.25) is 0 Å². The van der Waals surface area contributed by atoms with Crippen molar-refractivity contribution in [2.45, 2.75) is 78.2 Å². The number of aliphatic hydroxyl groups is 1. The van der Waals surface area contributed by atoms with Crippen molar-refractivity contribution in [3.8, 4) is 0 Å². The molecule has 1 nitrogen and oxygen atoms in total. The Morgan fingerprint density at radius 3 is 2.55 bits per heavy atom. The zero-order valence-corrected chi connectivity index (χ0v) is 13.4. The van der Waals surface area contributed by atoms with Crippen LogP contribution in [0, 0.1) is 28.6 Å². The van der Waals surface area contributed by atoms with Gasteiger partial charge in [-0.05, 0) is 86.9 Å². The van der Waals surface area contributed by atoms with Crippen LogP contribution in [0.2, 0.25) is 0 Å². The molecule has 0 bridgehead atoms. The van der Waals surface area contributed by atoms with E-state index in [1.54, 1.807) is 5.57 Å². The Morgan fingerprint density at radius 2 is 1.75 bits per heavy atom. The minimum absolute atomic E-state index is 0.0245. The topological polar surface area (TPSA) is 20.2 Å². The minimum atomic E-state index is -0.0245. The van der Waals surface area contributed by atoms with Gasteiger partial charge in [0.1, 0.15) is 0 Å². The van der Waals surface area contributed by atoms with Gasteiger partial charge in [0.15, 0.2) is 0 Å². The van der Waals surface area contributed by atoms with Gasteiger partial charge in [-0.25, -0.2) is 0 Å². The summed E-state index contributed by atoms with van der Waals surface area (Å²) in [6.07, 6.45) is 10.5. The second-order valence-corrected chi connectivity index (χ2v) is 8.73. The number of allylic oxidation sites excluding steroid dienone is 2. The highest BCUT2D eigenvalue weighted by Gasteiger charge is 2.59.